The van der Waals surface area contributed by atoms with Crippen molar-refractivity contribution in [1.82, 2.24) is 15.0 Å². The molecule has 0 unspecified atom stereocenters. The molecule has 1 aliphatic carbocycles. The van der Waals surface area contributed by atoms with Gasteiger partial charge >= 0.3 is 6.01 Å². The van der Waals surface area contributed by atoms with Crippen LogP contribution in [0.25, 0.3) is 0 Å². The van der Waals surface area contributed by atoms with E-state index in [0.717, 1.165) is 18.8 Å². The largest absolute Gasteiger partial charge is 0.461 e. The topological polar surface area (TPSA) is 116 Å². The predicted molar refractivity (Wildman–Crippen MR) is 110 cm³/mol. The zero-order valence-electron chi connectivity index (χ0n) is 17.4. The van der Waals surface area contributed by atoms with Crippen LogP contribution >= 0.6 is 0 Å². The molecule has 9 heteroatoms. The Hall–Kier alpha value is -1.71. The van der Waals surface area contributed by atoms with E-state index in [1.165, 1.54) is 12.8 Å². The molecule has 160 valence electrons. The molecule has 0 atom stereocenters. The van der Waals surface area contributed by atoms with Gasteiger partial charge in [0, 0.05) is 19.1 Å². The van der Waals surface area contributed by atoms with Crippen molar-refractivity contribution in [2.75, 3.05) is 50.2 Å². The lowest BCUT2D eigenvalue weighted by molar-refractivity contribution is 0.0547. The van der Waals surface area contributed by atoms with Gasteiger partial charge in [-0.15, -0.1) is 0 Å². The fourth-order valence-corrected chi connectivity index (χ4v) is 2.99. The molecule has 1 fully saturated rings. The summed E-state index contributed by atoms with van der Waals surface area (Å²) in [5.74, 6) is 1.85. The molecule has 28 heavy (non-hydrogen) atoms. The number of anilines is 2. The molecule has 1 aromatic heterocycles. The number of ether oxygens (including phenoxy) is 3. The lowest BCUT2D eigenvalue weighted by Gasteiger charge is -2.27. The maximum absolute atomic E-state index is 5.68. The molecule has 0 spiro atoms. The van der Waals surface area contributed by atoms with Gasteiger partial charge in [0.2, 0.25) is 11.9 Å². The lowest BCUT2D eigenvalue weighted by Crippen LogP contribution is -2.27. The Morgan fingerprint density at radius 3 is 2.32 bits per heavy atom. The molecule has 0 aliphatic heterocycles. The molecule has 0 amide bonds. The molecule has 4 N–H and O–H groups in total. The lowest BCUT2D eigenvalue weighted by atomic mass is 9.87. The Morgan fingerprint density at radius 2 is 1.64 bits per heavy atom. The minimum atomic E-state index is -0.00418. The molecular formula is C19H36N6O3. The number of nitrogens with zero attached hydrogens (tertiary/aromatic N) is 3. The van der Waals surface area contributed by atoms with Gasteiger partial charge in [-0.25, -0.2) is 0 Å². The summed E-state index contributed by atoms with van der Waals surface area (Å²) < 4.78 is 16.5. The van der Waals surface area contributed by atoms with Crippen molar-refractivity contribution in [2.24, 2.45) is 11.7 Å². The van der Waals surface area contributed by atoms with E-state index in [1.54, 1.807) is 0 Å². The Kier molecular flexibility index (Phi) is 10.2. The average molecular weight is 397 g/mol. The second-order valence-electron chi connectivity index (χ2n) is 7.47. The highest BCUT2D eigenvalue weighted by molar-refractivity contribution is 5.36. The van der Waals surface area contributed by atoms with E-state index >= 15 is 0 Å². The van der Waals surface area contributed by atoms with Crippen molar-refractivity contribution in [3.8, 4) is 6.01 Å². The van der Waals surface area contributed by atoms with E-state index in [0.29, 0.717) is 63.5 Å². The summed E-state index contributed by atoms with van der Waals surface area (Å²) in [4.78, 5) is 13.3. The van der Waals surface area contributed by atoms with Crippen molar-refractivity contribution in [1.29, 1.82) is 0 Å². The average Bonchev–Trinajstić information content (AvgIpc) is 2.65. The van der Waals surface area contributed by atoms with E-state index < -0.39 is 0 Å². The predicted octanol–water partition coefficient (Wildman–Crippen LogP) is 2.05. The van der Waals surface area contributed by atoms with E-state index in [1.807, 2.05) is 13.8 Å². The van der Waals surface area contributed by atoms with Gasteiger partial charge in [-0.05, 0) is 45.4 Å². The first-order valence-electron chi connectivity index (χ1n) is 10.4. The maximum Gasteiger partial charge on any atom is 0.323 e. The van der Waals surface area contributed by atoms with Crippen LogP contribution in [0.2, 0.25) is 0 Å². The van der Waals surface area contributed by atoms with Crippen molar-refractivity contribution in [3.05, 3.63) is 0 Å². The molecular weight excluding hydrogens is 360 g/mol. The van der Waals surface area contributed by atoms with E-state index in [2.05, 4.69) is 32.5 Å². The van der Waals surface area contributed by atoms with Gasteiger partial charge in [0.15, 0.2) is 0 Å². The standard InChI is InChI=1S/C19H36N6O3/c1-14(2)28-19-24-17(21-9-11-27-13-12-26-10-8-20)23-18(25-19)22-16-6-4-15(3)5-7-16/h14-16H,4-13,20H2,1-3H3,(H2,21,22,23,24,25). The van der Waals surface area contributed by atoms with Crippen LogP contribution in [0, 0.1) is 5.92 Å². The molecule has 1 aromatic rings. The van der Waals surface area contributed by atoms with Crippen LogP contribution in [-0.2, 0) is 9.47 Å². The fourth-order valence-electron chi connectivity index (χ4n) is 2.99. The van der Waals surface area contributed by atoms with Gasteiger partial charge in [0.05, 0.1) is 32.5 Å². The number of aromatic nitrogens is 3. The van der Waals surface area contributed by atoms with Gasteiger partial charge in [0.1, 0.15) is 0 Å². The second kappa shape index (κ2) is 12.7. The molecule has 0 bridgehead atoms. The number of hydrogen-bond donors (Lipinski definition) is 3. The number of rotatable bonds is 13. The third-order valence-electron chi connectivity index (χ3n) is 4.47. The zero-order valence-corrected chi connectivity index (χ0v) is 17.4. The third kappa shape index (κ3) is 8.99. The van der Waals surface area contributed by atoms with Crippen molar-refractivity contribution in [3.63, 3.8) is 0 Å². The number of nitrogens with two attached hydrogens (primary N) is 1. The molecule has 0 aromatic carbocycles. The molecule has 1 aliphatic rings. The van der Waals surface area contributed by atoms with Crippen LogP contribution in [0.5, 0.6) is 6.01 Å². The first-order valence-corrected chi connectivity index (χ1v) is 10.4. The molecule has 0 radical (unpaired) electrons. The van der Waals surface area contributed by atoms with Crippen molar-refractivity contribution < 1.29 is 14.2 Å². The monoisotopic (exact) mass is 396 g/mol. The summed E-state index contributed by atoms with van der Waals surface area (Å²) >= 11 is 0. The summed E-state index contributed by atoms with van der Waals surface area (Å²) in [5.41, 5.74) is 5.36. The molecule has 0 saturated heterocycles. The zero-order chi connectivity index (χ0) is 20.2. The normalized spacial score (nSPS) is 19.6. The first-order chi connectivity index (χ1) is 13.6. The number of hydrogen-bond acceptors (Lipinski definition) is 9. The summed E-state index contributed by atoms with van der Waals surface area (Å²) in [5, 5.41) is 6.62. The van der Waals surface area contributed by atoms with Gasteiger partial charge in [-0.2, -0.15) is 15.0 Å². The second-order valence-corrected chi connectivity index (χ2v) is 7.47. The van der Waals surface area contributed by atoms with Crippen LogP contribution in [-0.4, -0.2) is 66.6 Å². The highest BCUT2D eigenvalue weighted by Crippen LogP contribution is 2.25. The van der Waals surface area contributed by atoms with Gasteiger partial charge in [0.25, 0.3) is 0 Å². The van der Waals surface area contributed by atoms with Crippen LogP contribution < -0.4 is 21.1 Å². The Bertz CT molecular complexity index is 552. The highest BCUT2D eigenvalue weighted by Gasteiger charge is 2.19. The van der Waals surface area contributed by atoms with Gasteiger partial charge in [-0.1, -0.05) is 6.92 Å². The van der Waals surface area contributed by atoms with E-state index in [-0.39, 0.29) is 6.10 Å². The van der Waals surface area contributed by atoms with E-state index in [9.17, 15) is 0 Å². The first kappa shape index (κ1) is 22.6. The number of nitrogens with one attached hydrogen (secondary N) is 2. The summed E-state index contributed by atoms with van der Waals surface area (Å²) in [6.07, 6.45) is 4.73. The van der Waals surface area contributed by atoms with Gasteiger partial charge < -0.3 is 30.6 Å². The highest BCUT2D eigenvalue weighted by atomic mass is 16.5. The quantitative estimate of drug-likeness (QED) is 0.431. The van der Waals surface area contributed by atoms with Crippen LogP contribution in [0.15, 0.2) is 0 Å². The van der Waals surface area contributed by atoms with Crippen LogP contribution in [0.3, 0.4) is 0 Å². The Balaban J connectivity index is 1.83. The maximum atomic E-state index is 5.68. The van der Waals surface area contributed by atoms with E-state index in [4.69, 9.17) is 19.9 Å². The third-order valence-corrected chi connectivity index (χ3v) is 4.47. The fraction of sp³-hybridized carbons (Fsp3) is 0.842. The van der Waals surface area contributed by atoms with Crippen molar-refractivity contribution in [2.45, 2.75) is 58.6 Å². The molecule has 1 heterocycles. The smallest absolute Gasteiger partial charge is 0.323 e. The Morgan fingerprint density at radius 1 is 0.964 bits per heavy atom. The SMILES string of the molecule is CC1CCC(Nc2nc(NCCOCCOCCN)nc(OC(C)C)n2)CC1. The van der Waals surface area contributed by atoms with Crippen LogP contribution in [0.1, 0.15) is 46.5 Å². The summed E-state index contributed by atoms with van der Waals surface area (Å²) in [6.45, 7) is 9.49. The molecule has 1 saturated carbocycles. The summed E-state index contributed by atoms with van der Waals surface area (Å²) in [7, 11) is 0. The minimum Gasteiger partial charge on any atom is -0.461 e. The summed E-state index contributed by atoms with van der Waals surface area (Å²) in [6, 6.07) is 0.727. The molecule has 2 rings (SSSR count). The minimum absolute atomic E-state index is 0.00418. The van der Waals surface area contributed by atoms with Crippen molar-refractivity contribution >= 4 is 11.9 Å². The Labute approximate surface area is 168 Å². The van der Waals surface area contributed by atoms with Gasteiger partial charge in [-0.3, -0.25) is 0 Å². The molecule has 9 nitrogen and oxygen atoms in total. The van der Waals surface area contributed by atoms with Crippen LogP contribution in [0.4, 0.5) is 11.9 Å².